The number of carboxylic acid groups (broad SMARTS) is 1. The molecule has 1 N–H and O–H groups in total. The molecule has 1 aliphatic carbocycles. The molecule has 3 nitrogen and oxygen atoms in total. The molecule has 19 heavy (non-hydrogen) atoms. The Kier molecular flexibility index (Phi) is 6.84. The summed E-state index contributed by atoms with van der Waals surface area (Å²) in [7, 11) is 0. The Morgan fingerprint density at radius 1 is 1.16 bits per heavy atom. The minimum absolute atomic E-state index is 0.472. The van der Waals surface area contributed by atoms with Crippen LogP contribution in [0, 0.1) is 11.3 Å². The SMILES string of the molecule is CCC(CC)CN(CC)CC1(C(=O)O)CCCCC1. The van der Waals surface area contributed by atoms with Crippen molar-refractivity contribution in [3.63, 3.8) is 0 Å². The second-order valence-electron chi connectivity index (χ2n) is 6.16. The van der Waals surface area contributed by atoms with Crippen molar-refractivity contribution in [2.75, 3.05) is 19.6 Å². The molecule has 0 atom stereocenters. The van der Waals surface area contributed by atoms with Crippen molar-refractivity contribution in [3.8, 4) is 0 Å². The van der Waals surface area contributed by atoms with Crippen LogP contribution in [0.2, 0.25) is 0 Å². The highest BCUT2D eigenvalue weighted by molar-refractivity contribution is 5.75. The zero-order chi connectivity index (χ0) is 14.3. The molecule has 0 aromatic rings. The molecular weight excluding hydrogens is 238 g/mol. The monoisotopic (exact) mass is 269 g/mol. The predicted molar refractivity (Wildman–Crippen MR) is 79.3 cm³/mol. The molecule has 0 aliphatic heterocycles. The summed E-state index contributed by atoms with van der Waals surface area (Å²) in [6.07, 6.45) is 7.46. The van der Waals surface area contributed by atoms with Gasteiger partial charge in [0.15, 0.2) is 0 Å². The molecule has 0 radical (unpaired) electrons. The van der Waals surface area contributed by atoms with E-state index in [9.17, 15) is 9.90 Å². The summed E-state index contributed by atoms with van der Waals surface area (Å²) >= 11 is 0. The molecule has 1 fully saturated rings. The Morgan fingerprint density at radius 3 is 2.16 bits per heavy atom. The second kappa shape index (κ2) is 7.88. The first kappa shape index (κ1) is 16.5. The van der Waals surface area contributed by atoms with Gasteiger partial charge in [-0.15, -0.1) is 0 Å². The van der Waals surface area contributed by atoms with Gasteiger partial charge in [-0.1, -0.05) is 52.9 Å². The standard InChI is InChI=1S/C16H31NO2/c1-4-14(5-2)12-17(6-3)13-16(15(18)19)10-8-7-9-11-16/h14H,4-13H2,1-3H3,(H,18,19). The van der Waals surface area contributed by atoms with Gasteiger partial charge in [0.1, 0.15) is 0 Å². The van der Waals surface area contributed by atoms with Crippen LogP contribution in [0.5, 0.6) is 0 Å². The average Bonchev–Trinajstić information content (AvgIpc) is 2.44. The Hall–Kier alpha value is -0.570. The molecule has 1 saturated carbocycles. The van der Waals surface area contributed by atoms with E-state index in [1.165, 1.54) is 19.3 Å². The van der Waals surface area contributed by atoms with Crippen molar-refractivity contribution >= 4 is 5.97 Å². The normalized spacial score (nSPS) is 19.0. The number of hydrogen-bond acceptors (Lipinski definition) is 2. The van der Waals surface area contributed by atoms with Crippen LogP contribution >= 0.6 is 0 Å². The molecule has 0 saturated heterocycles. The maximum atomic E-state index is 11.7. The summed E-state index contributed by atoms with van der Waals surface area (Å²) in [6.45, 7) is 9.38. The Morgan fingerprint density at radius 2 is 1.74 bits per heavy atom. The molecule has 0 aromatic carbocycles. The third kappa shape index (κ3) is 4.48. The first-order chi connectivity index (χ1) is 9.07. The van der Waals surface area contributed by atoms with E-state index in [1.807, 2.05) is 0 Å². The van der Waals surface area contributed by atoms with Gasteiger partial charge in [0.05, 0.1) is 5.41 Å². The fraction of sp³-hybridized carbons (Fsp3) is 0.938. The number of carboxylic acids is 1. The summed E-state index contributed by atoms with van der Waals surface area (Å²) in [5.41, 5.74) is -0.472. The van der Waals surface area contributed by atoms with E-state index in [1.54, 1.807) is 0 Å². The van der Waals surface area contributed by atoms with Gasteiger partial charge >= 0.3 is 5.97 Å². The topological polar surface area (TPSA) is 40.5 Å². The first-order valence-corrected chi connectivity index (χ1v) is 8.03. The van der Waals surface area contributed by atoms with E-state index >= 15 is 0 Å². The van der Waals surface area contributed by atoms with Gasteiger partial charge in [-0.2, -0.15) is 0 Å². The Bertz CT molecular complexity index is 268. The molecule has 3 heteroatoms. The molecule has 112 valence electrons. The average molecular weight is 269 g/mol. The van der Waals surface area contributed by atoms with Gasteiger partial charge in [-0.25, -0.2) is 0 Å². The van der Waals surface area contributed by atoms with Gasteiger partial charge < -0.3 is 10.0 Å². The van der Waals surface area contributed by atoms with Crippen LogP contribution in [0.3, 0.4) is 0 Å². The molecule has 0 aromatic heterocycles. The predicted octanol–water partition coefficient (Wildman–Crippen LogP) is 3.78. The van der Waals surface area contributed by atoms with Crippen LogP contribution < -0.4 is 0 Å². The maximum Gasteiger partial charge on any atom is 0.310 e. The van der Waals surface area contributed by atoms with E-state index in [-0.39, 0.29) is 0 Å². The maximum absolute atomic E-state index is 11.7. The van der Waals surface area contributed by atoms with E-state index in [2.05, 4.69) is 25.7 Å². The summed E-state index contributed by atoms with van der Waals surface area (Å²) < 4.78 is 0. The fourth-order valence-electron chi connectivity index (χ4n) is 3.31. The minimum atomic E-state index is -0.574. The van der Waals surface area contributed by atoms with Gasteiger partial charge in [0.25, 0.3) is 0 Å². The summed E-state index contributed by atoms with van der Waals surface area (Å²) in [4.78, 5) is 14.1. The van der Waals surface area contributed by atoms with Crippen LogP contribution in [-0.2, 0) is 4.79 Å². The van der Waals surface area contributed by atoms with Crippen molar-refractivity contribution in [2.24, 2.45) is 11.3 Å². The molecule has 0 amide bonds. The smallest absolute Gasteiger partial charge is 0.310 e. The summed E-state index contributed by atoms with van der Waals surface area (Å²) in [5, 5.41) is 9.66. The largest absolute Gasteiger partial charge is 0.481 e. The lowest BCUT2D eigenvalue weighted by Crippen LogP contribution is -2.45. The lowest BCUT2D eigenvalue weighted by atomic mass is 9.73. The molecule has 0 bridgehead atoms. The van der Waals surface area contributed by atoms with E-state index in [4.69, 9.17) is 0 Å². The molecule has 0 unspecified atom stereocenters. The van der Waals surface area contributed by atoms with Crippen molar-refractivity contribution < 1.29 is 9.90 Å². The lowest BCUT2D eigenvalue weighted by molar-refractivity contribution is -0.152. The Labute approximate surface area is 118 Å². The first-order valence-electron chi connectivity index (χ1n) is 8.03. The van der Waals surface area contributed by atoms with Gasteiger partial charge in [-0.05, 0) is 25.3 Å². The van der Waals surface area contributed by atoms with E-state index < -0.39 is 11.4 Å². The van der Waals surface area contributed by atoms with Gasteiger partial charge in [0, 0.05) is 13.1 Å². The van der Waals surface area contributed by atoms with Crippen LogP contribution in [-0.4, -0.2) is 35.6 Å². The second-order valence-corrected chi connectivity index (χ2v) is 6.16. The quantitative estimate of drug-likeness (QED) is 0.729. The van der Waals surface area contributed by atoms with Crippen molar-refractivity contribution in [3.05, 3.63) is 0 Å². The fourth-order valence-corrected chi connectivity index (χ4v) is 3.31. The van der Waals surface area contributed by atoms with E-state index in [0.29, 0.717) is 5.92 Å². The lowest BCUT2D eigenvalue weighted by Gasteiger charge is -2.38. The number of hydrogen-bond donors (Lipinski definition) is 1. The number of rotatable bonds is 8. The molecule has 0 heterocycles. The van der Waals surface area contributed by atoms with Crippen LogP contribution in [0.1, 0.15) is 65.7 Å². The summed E-state index contributed by atoms with van der Waals surface area (Å²) in [6, 6.07) is 0. The number of carbonyl (C=O) groups is 1. The minimum Gasteiger partial charge on any atom is -0.481 e. The molecular formula is C16H31NO2. The van der Waals surface area contributed by atoms with Gasteiger partial charge in [-0.3, -0.25) is 4.79 Å². The molecule has 1 rings (SSSR count). The Balaban J connectivity index is 2.67. The van der Waals surface area contributed by atoms with Crippen molar-refractivity contribution in [1.82, 2.24) is 4.90 Å². The summed E-state index contributed by atoms with van der Waals surface area (Å²) in [5.74, 6) is 0.129. The van der Waals surface area contributed by atoms with Crippen LogP contribution in [0.4, 0.5) is 0 Å². The molecule has 0 spiro atoms. The highest BCUT2D eigenvalue weighted by Gasteiger charge is 2.40. The molecule has 1 aliphatic rings. The van der Waals surface area contributed by atoms with Crippen molar-refractivity contribution in [1.29, 1.82) is 0 Å². The number of aliphatic carboxylic acids is 1. The zero-order valence-corrected chi connectivity index (χ0v) is 13.0. The van der Waals surface area contributed by atoms with E-state index in [0.717, 1.165) is 45.3 Å². The van der Waals surface area contributed by atoms with Gasteiger partial charge in [0.2, 0.25) is 0 Å². The van der Waals surface area contributed by atoms with Crippen LogP contribution in [0.25, 0.3) is 0 Å². The third-order valence-electron chi connectivity index (χ3n) is 4.91. The highest BCUT2D eigenvalue weighted by atomic mass is 16.4. The van der Waals surface area contributed by atoms with Crippen LogP contribution in [0.15, 0.2) is 0 Å². The van der Waals surface area contributed by atoms with Crippen molar-refractivity contribution in [2.45, 2.75) is 65.7 Å². The third-order valence-corrected chi connectivity index (χ3v) is 4.91. The highest BCUT2D eigenvalue weighted by Crippen LogP contribution is 2.37. The number of nitrogens with zero attached hydrogens (tertiary/aromatic N) is 1. The zero-order valence-electron chi connectivity index (χ0n) is 13.0.